The van der Waals surface area contributed by atoms with Gasteiger partial charge in [0.15, 0.2) is 0 Å². The van der Waals surface area contributed by atoms with Crippen LogP contribution in [0.15, 0.2) is 24.3 Å². The topological polar surface area (TPSA) is 84.5 Å². The number of benzene rings is 1. The van der Waals surface area contributed by atoms with Crippen molar-refractivity contribution in [2.75, 3.05) is 26.7 Å². The minimum Gasteiger partial charge on any atom is -0.368 e. The van der Waals surface area contributed by atoms with Crippen LogP contribution >= 0.6 is 0 Å². The summed E-state index contributed by atoms with van der Waals surface area (Å²) in [5.74, 6) is -2.21. The zero-order chi connectivity index (χ0) is 19.1. The van der Waals surface area contributed by atoms with Crippen LogP contribution in [0, 0.1) is 0 Å². The third-order valence-electron chi connectivity index (χ3n) is 4.53. The standard InChI is InChI=1S/C16H18F3N5O2/c1-22-6-7-23(8-12(22)14(20)26)13(25)9-24-11-5-3-2-4-10(11)21-15(24)16(17,18)19/h2-5,12H,6-9H2,1H3,(H2,20,26)/t12-/m0/s1. The van der Waals surface area contributed by atoms with Crippen LogP contribution in [-0.4, -0.2) is 63.9 Å². The number of hydrogen-bond donors (Lipinski definition) is 1. The number of amides is 2. The molecule has 1 aromatic carbocycles. The molecule has 0 aliphatic carbocycles. The van der Waals surface area contributed by atoms with Crippen LogP contribution in [0.4, 0.5) is 13.2 Å². The molecule has 10 heteroatoms. The molecule has 0 bridgehead atoms. The molecular weight excluding hydrogens is 351 g/mol. The maximum Gasteiger partial charge on any atom is 0.449 e. The van der Waals surface area contributed by atoms with Gasteiger partial charge in [-0.25, -0.2) is 4.98 Å². The Morgan fingerprint density at radius 3 is 2.62 bits per heavy atom. The van der Waals surface area contributed by atoms with Gasteiger partial charge in [-0.2, -0.15) is 13.2 Å². The van der Waals surface area contributed by atoms with Crippen LogP contribution < -0.4 is 5.73 Å². The molecule has 26 heavy (non-hydrogen) atoms. The van der Waals surface area contributed by atoms with Crippen molar-refractivity contribution in [3.63, 3.8) is 0 Å². The van der Waals surface area contributed by atoms with Crippen molar-refractivity contribution < 1.29 is 22.8 Å². The number of nitrogens with zero attached hydrogens (tertiary/aromatic N) is 4. The molecule has 0 spiro atoms. The summed E-state index contributed by atoms with van der Waals surface area (Å²) < 4.78 is 40.8. The van der Waals surface area contributed by atoms with Crippen LogP contribution in [0.1, 0.15) is 5.82 Å². The molecule has 1 fully saturated rings. The average Bonchev–Trinajstić information content (AvgIpc) is 2.94. The molecule has 2 heterocycles. The van der Waals surface area contributed by atoms with Gasteiger partial charge in [-0.1, -0.05) is 12.1 Å². The first-order valence-corrected chi connectivity index (χ1v) is 7.98. The molecule has 3 rings (SSSR count). The van der Waals surface area contributed by atoms with Crippen LogP contribution in [0.3, 0.4) is 0 Å². The first-order chi connectivity index (χ1) is 12.2. The minimum atomic E-state index is -4.68. The molecule has 0 radical (unpaired) electrons. The minimum absolute atomic E-state index is 0.0542. The van der Waals surface area contributed by atoms with E-state index in [9.17, 15) is 22.8 Å². The maximum absolute atomic E-state index is 13.3. The van der Waals surface area contributed by atoms with Gasteiger partial charge in [0.05, 0.1) is 11.0 Å². The average molecular weight is 369 g/mol. The van der Waals surface area contributed by atoms with Gasteiger partial charge in [0.25, 0.3) is 0 Å². The van der Waals surface area contributed by atoms with Crippen molar-refractivity contribution in [1.29, 1.82) is 0 Å². The molecule has 0 saturated carbocycles. The number of nitrogens with two attached hydrogens (primary N) is 1. The number of imidazole rings is 1. The predicted octanol–water partition coefficient (Wildman–Crippen LogP) is 0.683. The third kappa shape index (κ3) is 3.36. The number of halogens is 3. The summed E-state index contributed by atoms with van der Waals surface area (Å²) >= 11 is 0. The van der Waals surface area contributed by atoms with E-state index in [1.54, 1.807) is 24.1 Å². The van der Waals surface area contributed by atoms with Gasteiger partial charge in [-0.05, 0) is 19.2 Å². The maximum atomic E-state index is 13.3. The predicted molar refractivity (Wildman–Crippen MR) is 86.9 cm³/mol. The quantitative estimate of drug-likeness (QED) is 0.863. The van der Waals surface area contributed by atoms with Crippen LogP contribution in [0.25, 0.3) is 11.0 Å². The molecule has 7 nitrogen and oxygen atoms in total. The highest BCUT2D eigenvalue weighted by Crippen LogP contribution is 2.31. The normalized spacial score (nSPS) is 19.1. The smallest absolute Gasteiger partial charge is 0.368 e. The Kier molecular flexibility index (Phi) is 4.61. The van der Waals surface area contributed by atoms with Crippen LogP contribution in [-0.2, 0) is 22.3 Å². The lowest BCUT2D eigenvalue weighted by Crippen LogP contribution is -2.58. The van der Waals surface area contributed by atoms with Crippen LogP contribution in [0.2, 0.25) is 0 Å². The Hall–Kier alpha value is -2.62. The van der Waals surface area contributed by atoms with Gasteiger partial charge in [0, 0.05) is 19.6 Å². The Labute approximate surface area is 147 Å². The molecule has 1 aromatic heterocycles. The van der Waals surface area contributed by atoms with E-state index in [0.717, 1.165) is 4.57 Å². The lowest BCUT2D eigenvalue weighted by atomic mass is 10.1. The third-order valence-corrected chi connectivity index (χ3v) is 4.53. The summed E-state index contributed by atoms with van der Waals surface area (Å²) in [5.41, 5.74) is 5.73. The van der Waals surface area contributed by atoms with E-state index in [1.165, 1.54) is 17.0 Å². The summed E-state index contributed by atoms with van der Waals surface area (Å²) in [6.07, 6.45) is -4.68. The first-order valence-electron chi connectivity index (χ1n) is 7.98. The monoisotopic (exact) mass is 369 g/mol. The second kappa shape index (κ2) is 6.60. The number of fused-ring (bicyclic) bond motifs is 1. The second-order valence-electron chi connectivity index (χ2n) is 6.25. The number of hydrogen-bond acceptors (Lipinski definition) is 4. The highest BCUT2D eigenvalue weighted by Gasteiger charge is 2.39. The molecular formula is C16H18F3N5O2. The van der Waals surface area contributed by atoms with E-state index < -0.39 is 36.4 Å². The van der Waals surface area contributed by atoms with Crippen molar-refractivity contribution in [2.45, 2.75) is 18.8 Å². The van der Waals surface area contributed by atoms with Crippen molar-refractivity contribution >= 4 is 22.8 Å². The SMILES string of the molecule is CN1CCN(C(=O)Cn2c(C(F)(F)F)nc3ccccc32)C[C@H]1C(N)=O. The van der Waals surface area contributed by atoms with E-state index in [0.29, 0.717) is 13.1 Å². The van der Waals surface area contributed by atoms with Crippen LogP contribution in [0.5, 0.6) is 0 Å². The Balaban J connectivity index is 1.89. The number of rotatable bonds is 3. The fourth-order valence-electron chi connectivity index (χ4n) is 3.09. The fourth-order valence-corrected chi connectivity index (χ4v) is 3.09. The van der Waals surface area contributed by atoms with E-state index in [2.05, 4.69) is 4.98 Å². The van der Waals surface area contributed by atoms with Gasteiger partial charge < -0.3 is 15.2 Å². The fraction of sp³-hybridized carbons (Fsp3) is 0.438. The van der Waals surface area contributed by atoms with Crippen molar-refractivity contribution in [3.8, 4) is 0 Å². The van der Waals surface area contributed by atoms with Crippen molar-refractivity contribution in [3.05, 3.63) is 30.1 Å². The number of alkyl halides is 3. The van der Waals surface area contributed by atoms with Gasteiger partial charge in [-0.15, -0.1) is 0 Å². The van der Waals surface area contributed by atoms with Crippen molar-refractivity contribution in [2.24, 2.45) is 5.73 Å². The number of likely N-dealkylation sites (N-methyl/N-ethyl adjacent to an activating group) is 1. The van der Waals surface area contributed by atoms with Gasteiger partial charge in [-0.3, -0.25) is 14.5 Å². The number of para-hydroxylation sites is 2. The zero-order valence-electron chi connectivity index (χ0n) is 14.0. The number of piperazine rings is 1. The van der Waals surface area contributed by atoms with Gasteiger partial charge in [0.1, 0.15) is 12.6 Å². The highest BCUT2D eigenvalue weighted by molar-refractivity contribution is 5.84. The summed E-state index contributed by atoms with van der Waals surface area (Å²) in [5, 5.41) is 0. The molecule has 140 valence electrons. The molecule has 1 aliphatic heterocycles. The number of primary amides is 1. The number of carbonyl (C=O) groups excluding carboxylic acids is 2. The van der Waals surface area contributed by atoms with E-state index in [-0.39, 0.29) is 17.6 Å². The van der Waals surface area contributed by atoms with E-state index in [4.69, 9.17) is 5.73 Å². The highest BCUT2D eigenvalue weighted by atomic mass is 19.4. The largest absolute Gasteiger partial charge is 0.449 e. The summed E-state index contributed by atoms with van der Waals surface area (Å²) in [4.78, 5) is 30.8. The summed E-state index contributed by atoms with van der Waals surface area (Å²) in [6.45, 7) is 0.270. The first kappa shape index (κ1) is 18.2. The second-order valence-corrected chi connectivity index (χ2v) is 6.25. The lowest BCUT2D eigenvalue weighted by molar-refractivity contribution is -0.148. The molecule has 1 aliphatic rings. The Morgan fingerprint density at radius 1 is 1.27 bits per heavy atom. The molecule has 2 N–H and O–H groups in total. The number of aromatic nitrogens is 2. The Bertz CT molecular complexity index is 848. The summed E-state index contributed by atoms with van der Waals surface area (Å²) in [6, 6.07) is 5.46. The molecule has 1 atom stereocenters. The lowest BCUT2D eigenvalue weighted by Gasteiger charge is -2.37. The van der Waals surface area contributed by atoms with E-state index in [1.807, 2.05) is 0 Å². The van der Waals surface area contributed by atoms with Crippen molar-refractivity contribution in [1.82, 2.24) is 19.4 Å². The molecule has 0 unspecified atom stereocenters. The molecule has 1 saturated heterocycles. The zero-order valence-corrected chi connectivity index (χ0v) is 14.0. The van der Waals surface area contributed by atoms with Gasteiger partial charge in [0.2, 0.25) is 17.6 Å². The van der Waals surface area contributed by atoms with E-state index >= 15 is 0 Å². The Morgan fingerprint density at radius 2 is 1.96 bits per heavy atom. The molecule has 2 amide bonds. The molecule has 2 aromatic rings. The summed E-state index contributed by atoms with van der Waals surface area (Å²) in [7, 11) is 1.71. The number of carbonyl (C=O) groups is 2. The van der Waals surface area contributed by atoms with Gasteiger partial charge >= 0.3 is 6.18 Å².